The van der Waals surface area contributed by atoms with Crippen LogP contribution in [0.15, 0.2) is 78.9 Å². The molecule has 1 aliphatic rings. The fraction of sp³-hybridized carbons (Fsp3) is 0.259. The van der Waals surface area contributed by atoms with Crippen molar-refractivity contribution in [3.8, 4) is 17.2 Å². The molecule has 1 amide bonds. The smallest absolute Gasteiger partial charge is 0.257 e. The van der Waals surface area contributed by atoms with E-state index < -0.39 is 0 Å². The molecule has 8 heteroatoms. The lowest BCUT2D eigenvalue weighted by Gasteiger charge is -2.13. The van der Waals surface area contributed by atoms with Crippen molar-refractivity contribution in [3.63, 3.8) is 0 Å². The summed E-state index contributed by atoms with van der Waals surface area (Å²) in [5.74, 6) is 1.79. The predicted octanol–water partition coefficient (Wildman–Crippen LogP) is 4.83. The normalized spacial score (nSPS) is 14.7. The topological polar surface area (TPSA) is 78.1 Å². The average Bonchev–Trinajstić information content (AvgIpc) is 3.41. The number of para-hydroxylation sites is 1. The van der Waals surface area contributed by atoms with Gasteiger partial charge in [-0.25, -0.2) is 0 Å². The molecule has 1 fully saturated rings. The minimum atomic E-state index is -0.329. The molecule has 2 N–H and O–H groups in total. The largest absolute Gasteiger partial charge is 0.491 e. The molecule has 0 bridgehead atoms. The molecule has 1 saturated heterocycles. The van der Waals surface area contributed by atoms with Gasteiger partial charge in [-0.3, -0.25) is 10.1 Å². The van der Waals surface area contributed by atoms with E-state index in [1.54, 1.807) is 24.3 Å². The molecule has 1 aliphatic heterocycles. The summed E-state index contributed by atoms with van der Waals surface area (Å²) >= 11 is 5.30. The Bertz CT molecular complexity index is 1100. The van der Waals surface area contributed by atoms with Gasteiger partial charge in [0.25, 0.3) is 5.91 Å². The van der Waals surface area contributed by atoms with Gasteiger partial charge in [0.15, 0.2) is 5.11 Å². The van der Waals surface area contributed by atoms with Crippen molar-refractivity contribution in [2.75, 3.05) is 31.7 Å². The monoisotopic (exact) mass is 492 g/mol. The third kappa shape index (κ3) is 7.98. The highest BCUT2D eigenvalue weighted by Gasteiger charge is 2.16. The fourth-order valence-electron chi connectivity index (χ4n) is 3.50. The average molecular weight is 493 g/mol. The van der Waals surface area contributed by atoms with E-state index in [2.05, 4.69) is 10.6 Å². The Hall–Kier alpha value is -3.62. The van der Waals surface area contributed by atoms with Gasteiger partial charge in [-0.15, -0.1) is 0 Å². The van der Waals surface area contributed by atoms with Crippen molar-refractivity contribution in [3.05, 3.63) is 84.4 Å². The second-order valence-electron chi connectivity index (χ2n) is 7.92. The van der Waals surface area contributed by atoms with E-state index in [0.29, 0.717) is 31.1 Å². The van der Waals surface area contributed by atoms with Gasteiger partial charge in [0, 0.05) is 17.9 Å². The van der Waals surface area contributed by atoms with E-state index >= 15 is 0 Å². The highest BCUT2D eigenvalue weighted by atomic mass is 32.1. The summed E-state index contributed by atoms with van der Waals surface area (Å²) in [5.41, 5.74) is 1.18. The summed E-state index contributed by atoms with van der Waals surface area (Å²) in [5, 5.41) is 5.90. The van der Waals surface area contributed by atoms with Crippen LogP contribution in [0.3, 0.4) is 0 Å². The van der Waals surface area contributed by atoms with Crippen molar-refractivity contribution < 1.29 is 23.7 Å². The van der Waals surface area contributed by atoms with Crippen molar-refractivity contribution in [2.45, 2.75) is 18.9 Å². The first kappa shape index (κ1) is 24.5. The van der Waals surface area contributed by atoms with Crippen LogP contribution < -0.4 is 24.8 Å². The highest BCUT2D eigenvalue weighted by molar-refractivity contribution is 7.80. The summed E-state index contributed by atoms with van der Waals surface area (Å²) in [6.07, 6.45) is 2.29. The number of benzene rings is 3. The first-order valence-electron chi connectivity index (χ1n) is 11.5. The summed E-state index contributed by atoms with van der Waals surface area (Å²) < 4.78 is 22.7. The maximum absolute atomic E-state index is 12.6. The minimum Gasteiger partial charge on any atom is -0.491 e. The number of anilines is 1. The molecule has 7 nitrogen and oxygen atoms in total. The molecule has 35 heavy (non-hydrogen) atoms. The molecular formula is C27H28N2O5S. The SMILES string of the molecule is O=C(NC(=S)Nc1ccc(OCC2CCCO2)cc1)c1cccc(OCCOc2ccccc2)c1. The third-order valence-corrected chi connectivity index (χ3v) is 5.46. The maximum Gasteiger partial charge on any atom is 0.257 e. The van der Waals surface area contributed by atoms with Gasteiger partial charge in [-0.1, -0.05) is 24.3 Å². The molecule has 3 aromatic rings. The van der Waals surface area contributed by atoms with Crippen LogP contribution in [0.5, 0.6) is 17.2 Å². The number of carbonyl (C=O) groups is 1. The van der Waals surface area contributed by atoms with Crippen LogP contribution in [0.25, 0.3) is 0 Å². The lowest BCUT2D eigenvalue weighted by Crippen LogP contribution is -2.34. The number of carbonyl (C=O) groups excluding carboxylic acids is 1. The molecular weight excluding hydrogens is 464 g/mol. The lowest BCUT2D eigenvalue weighted by atomic mass is 10.2. The fourth-order valence-corrected chi connectivity index (χ4v) is 3.71. The van der Waals surface area contributed by atoms with E-state index in [1.165, 1.54) is 0 Å². The molecule has 1 atom stereocenters. The highest BCUT2D eigenvalue weighted by Crippen LogP contribution is 2.19. The van der Waals surface area contributed by atoms with E-state index in [1.807, 2.05) is 54.6 Å². The van der Waals surface area contributed by atoms with Gasteiger partial charge >= 0.3 is 0 Å². The number of nitrogens with one attached hydrogen (secondary N) is 2. The summed E-state index contributed by atoms with van der Waals surface area (Å²) in [4.78, 5) is 12.6. The molecule has 0 aromatic heterocycles. The number of hydrogen-bond acceptors (Lipinski definition) is 6. The van der Waals surface area contributed by atoms with E-state index in [4.69, 9.17) is 31.2 Å². The quantitative estimate of drug-likeness (QED) is 0.310. The zero-order valence-electron chi connectivity index (χ0n) is 19.3. The van der Waals surface area contributed by atoms with E-state index in [-0.39, 0.29) is 17.1 Å². The van der Waals surface area contributed by atoms with Crippen LogP contribution in [0.2, 0.25) is 0 Å². The van der Waals surface area contributed by atoms with Crippen LogP contribution in [-0.4, -0.2) is 43.6 Å². The van der Waals surface area contributed by atoms with Crippen LogP contribution in [0.1, 0.15) is 23.2 Å². The molecule has 0 saturated carbocycles. The molecule has 4 rings (SSSR count). The number of ether oxygens (including phenoxy) is 4. The van der Waals surface area contributed by atoms with Crippen LogP contribution in [0, 0.1) is 0 Å². The Kier molecular flexibility index (Phi) is 8.91. The van der Waals surface area contributed by atoms with Crippen molar-refractivity contribution >= 4 is 28.9 Å². The van der Waals surface area contributed by atoms with Crippen LogP contribution in [-0.2, 0) is 4.74 Å². The number of thiocarbonyl (C=S) groups is 1. The second kappa shape index (κ2) is 12.7. The van der Waals surface area contributed by atoms with Crippen LogP contribution in [0.4, 0.5) is 5.69 Å². The van der Waals surface area contributed by atoms with Gasteiger partial charge in [-0.05, 0) is 79.7 Å². The molecule has 0 spiro atoms. The molecule has 0 aliphatic carbocycles. The summed E-state index contributed by atoms with van der Waals surface area (Å²) in [6.45, 7) is 2.10. The number of amides is 1. The third-order valence-electron chi connectivity index (χ3n) is 5.26. The van der Waals surface area contributed by atoms with Crippen molar-refractivity contribution in [2.24, 2.45) is 0 Å². The number of hydrogen-bond donors (Lipinski definition) is 2. The zero-order valence-corrected chi connectivity index (χ0v) is 20.1. The number of rotatable bonds is 10. The summed E-state index contributed by atoms with van der Waals surface area (Å²) in [6, 6.07) is 23.8. The Morgan fingerprint density at radius 2 is 1.60 bits per heavy atom. The molecule has 1 heterocycles. The van der Waals surface area contributed by atoms with Crippen LogP contribution >= 0.6 is 12.2 Å². The lowest BCUT2D eigenvalue weighted by molar-refractivity contribution is 0.0679. The van der Waals surface area contributed by atoms with Crippen molar-refractivity contribution in [1.29, 1.82) is 0 Å². The van der Waals surface area contributed by atoms with Gasteiger partial charge < -0.3 is 24.3 Å². The first-order valence-corrected chi connectivity index (χ1v) is 11.9. The Morgan fingerprint density at radius 1 is 0.886 bits per heavy atom. The first-order chi connectivity index (χ1) is 17.2. The Balaban J connectivity index is 1.20. The van der Waals surface area contributed by atoms with Gasteiger partial charge in [0.1, 0.15) is 37.1 Å². The van der Waals surface area contributed by atoms with Gasteiger partial charge in [0.05, 0.1) is 6.10 Å². The van der Waals surface area contributed by atoms with Crippen molar-refractivity contribution in [1.82, 2.24) is 5.32 Å². The van der Waals surface area contributed by atoms with Gasteiger partial charge in [0.2, 0.25) is 0 Å². The van der Waals surface area contributed by atoms with Gasteiger partial charge in [-0.2, -0.15) is 0 Å². The molecule has 182 valence electrons. The predicted molar refractivity (Wildman–Crippen MR) is 138 cm³/mol. The van der Waals surface area contributed by atoms with E-state index in [9.17, 15) is 4.79 Å². The Morgan fingerprint density at radius 3 is 2.34 bits per heavy atom. The summed E-state index contributed by atoms with van der Waals surface area (Å²) in [7, 11) is 0. The molecule has 3 aromatic carbocycles. The second-order valence-corrected chi connectivity index (χ2v) is 8.32. The Labute approximate surface area is 210 Å². The standard InChI is InChI=1S/C27H28N2O5S/c30-26(20-6-4-9-24(18-20)33-17-16-32-22-7-2-1-3-8-22)29-27(35)28-21-11-13-23(14-12-21)34-19-25-10-5-15-31-25/h1-4,6-9,11-14,18,25H,5,10,15-17,19H2,(H2,28,29,30,35). The molecule has 0 radical (unpaired) electrons. The molecule has 1 unspecified atom stereocenters. The minimum absolute atomic E-state index is 0.169. The van der Waals surface area contributed by atoms with E-state index in [0.717, 1.165) is 36.6 Å². The zero-order chi connectivity index (χ0) is 24.3. The maximum atomic E-state index is 12.6.